The first-order chi connectivity index (χ1) is 18.0. The highest BCUT2D eigenvalue weighted by atomic mass is 19.4. The Balaban J connectivity index is 0.000000426. The number of fused-ring (bicyclic) bond motifs is 2. The minimum absolute atomic E-state index is 0.166. The van der Waals surface area contributed by atoms with Crippen LogP contribution >= 0.6 is 0 Å². The van der Waals surface area contributed by atoms with Crippen LogP contribution in [0.2, 0.25) is 0 Å². The van der Waals surface area contributed by atoms with Crippen molar-refractivity contribution in [2.45, 2.75) is 33.0 Å². The minimum Gasteiger partial charge on any atom is -0.495 e. The normalized spacial score (nSPS) is 12.9. The Kier molecular flexibility index (Phi) is 7.28. The van der Waals surface area contributed by atoms with Gasteiger partial charge in [0.25, 0.3) is 0 Å². The first-order valence-electron chi connectivity index (χ1n) is 11.5. The number of nitrogens with zero attached hydrogens (tertiary/aromatic N) is 3. The van der Waals surface area contributed by atoms with E-state index in [-0.39, 0.29) is 6.03 Å². The molecule has 0 fully saturated rings. The Morgan fingerprint density at radius 3 is 2.53 bits per heavy atom. The average molecular weight is 531 g/mol. The molecule has 13 heteroatoms. The van der Waals surface area contributed by atoms with Gasteiger partial charge in [0.15, 0.2) is 5.82 Å². The third kappa shape index (κ3) is 5.56. The molecule has 3 heterocycles. The van der Waals surface area contributed by atoms with Crippen molar-refractivity contribution < 1.29 is 32.6 Å². The van der Waals surface area contributed by atoms with E-state index in [1.54, 1.807) is 12.0 Å². The number of hydrogen-bond acceptors (Lipinski definition) is 5. The number of para-hydroxylation sites is 2. The standard InChI is InChI=1S/C23H24N6O2.C2HF3O2/c1-13-10-17-18(11-14(13)2)25-22(24-17)21-15-8-9-29(12-19(15)27-28-21)23(30)26-16-6-4-5-7-20(16)31-3;3-2(4,5)1(6)7/h4-7,10-11H,8-9,12H2,1-3H3,(H,24,25)(H,26,30)(H,27,28);(H,6,7). The Morgan fingerprint density at radius 1 is 1.16 bits per heavy atom. The van der Waals surface area contributed by atoms with Crippen LogP contribution in [-0.2, 0) is 17.8 Å². The lowest BCUT2D eigenvalue weighted by molar-refractivity contribution is -0.192. The van der Waals surface area contributed by atoms with Crippen molar-refractivity contribution in [2.75, 3.05) is 19.0 Å². The molecule has 200 valence electrons. The summed E-state index contributed by atoms with van der Waals surface area (Å²) < 4.78 is 37.1. The molecule has 0 saturated heterocycles. The minimum atomic E-state index is -5.08. The topological polar surface area (TPSA) is 136 Å². The van der Waals surface area contributed by atoms with E-state index >= 15 is 0 Å². The number of halogens is 3. The molecule has 2 aromatic heterocycles. The number of aromatic nitrogens is 4. The molecule has 0 atom stereocenters. The number of hydrogen-bond donors (Lipinski definition) is 4. The largest absolute Gasteiger partial charge is 0.495 e. The fourth-order valence-corrected chi connectivity index (χ4v) is 4.01. The van der Waals surface area contributed by atoms with Gasteiger partial charge in [-0.2, -0.15) is 18.3 Å². The maximum absolute atomic E-state index is 12.8. The van der Waals surface area contributed by atoms with Crippen LogP contribution in [0.5, 0.6) is 5.75 Å². The second kappa shape index (κ2) is 10.4. The molecule has 0 unspecified atom stereocenters. The van der Waals surface area contributed by atoms with Gasteiger partial charge in [-0.05, 0) is 55.7 Å². The van der Waals surface area contributed by atoms with Crippen molar-refractivity contribution in [3.63, 3.8) is 0 Å². The molecule has 0 bridgehead atoms. The van der Waals surface area contributed by atoms with Gasteiger partial charge in [-0.15, -0.1) is 0 Å². The highest BCUT2D eigenvalue weighted by Crippen LogP contribution is 2.30. The summed E-state index contributed by atoms with van der Waals surface area (Å²) in [6.45, 7) is 5.24. The molecule has 1 aliphatic heterocycles. The lowest BCUT2D eigenvalue weighted by Gasteiger charge is -2.27. The van der Waals surface area contributed by atoms with Crippen LogP contribution in [0.15, 0.2) is 36.4 Å². The van der Waals surface area contributed by atoms with E-state index in [9.17, 15) is 18.0 Å². The number of carbonyl (C=O) groups is 2. The number of carboxylic acid groups (broad SMARTS) is 1. The van der Waals surface area contributed by atoms with Crippen molar-refractivity contribution in [3.05, 3.63) is 58.8 Å². The van der Waals surface area contributed by atoms with E-state index in [0.717, 1.165) is 33.8 Å². The Labute approximate surface area is 214 Å². The van der Waals surface area contributed by atoms with E-state index in [4.69, 9.17) is 19.6 Å². The first-order valence-corrected chi connectivity index (χ1v) is 11.5. The van der Waals surface area contributed by atoms with Gasteiger partial charge < -0.3 is 25.0 Å². The van der Waals surface area contributed by atoms with Crippen LogP contribution in [0.1, 0.15) is 22.4 Å². The zero-order valence-corrected chi connectivity index (χ0v) is 20.7. The van der Waals surface area contributed by atoms with Gasteiger partial charge >= 0.3 is 18.2 Å². The number of methoxy groups -OCH3 is 1. The lowest BCUT2D eigenvalue weighted by Crippen LogP contribution is -2.39. The summed E-state index contributed by atoms with van der Waals surface area (Å²) in [5.74, 6) is -1.37. The number of H-pyrrole nitrogens is 2. The molecule has 2 aromatic carbocycles. The number of carbonyl (C=O) groups excluding carboxylic acids is 1. The maximum atomic E-state index is 12.8. The summed E-state index contributed by atoms with van der Waals surface area (Å²) in [7, 11) is 1.59. The summed E-state index contributed by atoms with van der Waals surface area (Å²) in [6.07, 6.45) is -4.38. The van der Waals surface area contributed by atoms with Crippen LogP contribution < -0.4 is 10.1 Å². The van der Waals surface area contributed by atoms with Crippen LogP contribution in [0.4, 0.5) is 23.7 Å². The average Bonchev–Trinajstić information content (AvgIpc) is 3.47. The number of aryl methyl sites for hydroxylation is 2. The number of carboxylic acids is 1. The fourth-order valence-electron chi connectivity index (χ4n) is 4.01. The molecular weight excluding hydrogens is 505 g/mol. The van der Waals surface area contributed by atoms with Gasteiger partial charge in [0, 0.05) is 12.1 Å². The predicted octanol–water partition coefficient (Wildman–Crippen LogP) is 4.80. The molecule has 1 aliphatic rings. The highest BCUT2D eigenvalue weighted by Gasteiger charge is 2.38. The van der Waals surface area contributed by atoms with E-state index in [0.29, 0.717) is 30.9 Å². The quantitative estimate of drug-likeness (QED) is 0.300. The van der Waals surface area contributed by atoms with Crippen LogP contribution in [0.25, 0.3) is 22.6 Å². The molecule has 4 N–H and O–H groups in total. The van der Waals surface area contributed by atoms with Crippen molar-refractivity contribution in [3.8, 4) is 17.3 Å². The van der Waals surface area contributed by atoms with E-state index in [2.05, 4.69) is 46.5 Å². The van der Waals surface area contributed by atoms with Crippen LogP contribution in [0, 0.1) is 13.8 Å². The molecule has 38 heavy (non-hydrogen) atoms. The number of benzene rings is 2. The highest BCUT2D eigenvalue weighted by molar-refractivity contribution is 5.91. The summed E-state index contributed by atoms with van der Waals surface area (Å²) in [4.78, 5) is 31.6. The monoisotopic (exact) mass is 530 g/mol. The molecule has 2 amide bonds. The number of urea groups is 1. The zero-order valence-electron chi connectivity index (χ0n) is 20.7. The van der Waals surface area contributed by atoms with Crippen molar-refractivity contribution in [1.82, 2.24) is 25.1 Å². The first kappa shape index (κ1) is 26.5. The molecule has 0 radical (unpaired) electrons. The van der Waals surface area contributed by atoms with E-state index < -0.39 is 12.1 Å². The van der Waals surface area contributed by atoms with Gasteiger partial charge in [0.2, 0.25) is 0 Å². The predicted molar refractivity (Wildman–Crippen MR) is 133 cm³/mol. The smallest absolute Gasteiger partial charge is 0.490 e. The number of rotatable bonds is 3. The Hall–Kier alpha value is -4.55. The third-order valence-electron chi connectivity index (χ3n) is 6.13. The number of imidazole rings is 1. The van der Waals surface area contributed by atoms with Gasteiger partial charge in [-0.3, -0.25) is 5.10 Å². The van der Waals surface area contributed by atoms with Crippen molar-refractivity contribution in [1.29, 1.82) is 0 Å². The number of nitrogens with one attached hydrogen (secondary N) is 3. The van der Waals surface area contributed by atoms with Gasteiger partial charge in [-0.1, -0.05) is 12.1 Å². The van der Waals surface area contributed by atoms with Gasteiger partial charge in [-0.25, -0.2) is 14.6 Å². The number of ether oxygens (including phenoxy) is 1. The molecule has 0 aliphatic carbocycles. The number of anilines is 1. The van der Waals surface area contributed by atoms with Crippen molar-refractivity contribution >= 4 is 28.7 Å². The summed E-state index contributed by atoms with van der Waals surface area (Å²) >= 11 is 0. The molecule has 5 rings (SSSR count). The van der Waals surface area contributed by atoms with E-state index in [1.165, 1.54) is 11.1 Å². The number of aliphatic carboxylic acids is 1. The van der Waals surface area contributed by atoms with Gasteiger partial charge in [0.05, 0.1) is 36.1 Å². The second-order valence-corrected chi connectivity index (χ2v) is 8.67. The van der Waals surface area contributed by atoms with Gasteiger partial charge in [0.1, 0.15) is 11.4 Å². The number of amides is 2. The Morgan fingerprint density at radius 2 is 1.84 bits per heavy atom. The van der Waals surface area contributed by atoms with Crippen LogP contribution in [0.3, 0.4) is 0 Å². The zero-order chi connectivity index (χ0) is 27.6. The van der Waals surface area contributed by atoms with E-state index in [1.807, 2.05) is 24.3 Å². The third-order valence-corrected chi connectivity index (χ3v) is 6.13. The fraction of sp³-hybridized carbons (Fsp3) is 0.280. The SMILES string of the molecule is COc1ccccc1NC(=O)N1CCc2c(-c3nc4cc(C)c(C)cc4[nH]3)n[nH]c2C1.O=C(O)C(F)(F)F. The van der Waals surface area contributed by atoms with Crippen molar-refractivity contribution in [2.24, 2.45) is 0 Å². The van der Waals surface area contributed by atoms with Crippen LogP contribution in [-0.4, -0.2) is 62.0 Å². The number of aromatic amines is 2. The number of alkyl halides is 3. The summed E-state index contributed by atoms with van der Waals surface area (Å²) in [5.41, 5.74) is 7.89. The molecular formula is C25H25F3N6O4. The lowest BCUT2D eigenvalue weighted by atomic mass is 10.0. The molecule has 0 spiro atoms. The Bertz CT molecular complexity index is 1460. The summed E-state index contributed by atoms with van der Waals surface area (Å²) in [5, 5.41) is 17.7. The molecule has 0 saturated carbocycles. The maximum Gasteiger partial charge on any atom is 0.490 e. The molecule has 10 nitrogen and oxygen atoms in total. The summed E-state index contributed by atoms with van der Waals surface area (Å²) in [6, 6.07) is 11.4. The molecule has 4 aromatic rings. The second-order valence-electron chi connectivity index (χ2n) is 8.67.